The molecular formula is C16H30N2O4S. The molecule has 1 aliphatic carbocycles. The van der Waals surface area contributed by atoms with Gasteiger partial charge >= 0.3 is 6.09 Å². The topological polar surface area (TPSA) is 84.5 Å². The molecule has 1 saturated carbocycles. The highest BCUT2D eigenvalue weighted by Gasteiger charge is 2.30. The summed E-state index contributed by atoms with van der Waals surface area (Å²) in [6, 6.07) is 0.414. The van der Waals surface area contributed by atoms with Gasteiger partial charge in [0, 0.05) is 18.1 Å². The van der Waals surface area contributed by atoms with Gasteiger partial charge in [0.1, 0.15) is 5.60 Å². The summed E-state index contributed by atoms with van der Waals surface area (Å²) in [6.45, 7) is 5.55. The quantitative estimate of drug-likeness (QED) is 0.816. The van der Waals surface area contributed by atoms with E-state index in [1.54, 1.807) is 0 Å². The molecule has 2 rings (SSSR count). The van der Waals surface area contributed by atoms with E-state index in [-0.39, 0.29) is 30.0 Å². The fourth-order valence-corrected chi connectivity index (χ4v) is 5.08. The van der Waals surface area contributed by atoms with Crippen molar-refractivity contribution in [3.63, 3.8) is 0 Å². The van der Waals surface area contributed by atoms with Crippen LogP contribution in [0.4, 0.5) is 4.79 Å². The van der Waals surface area contributed by atoms with Crippen LogP contribution in [0, 0.1) is 0 Å². The van der Waals surface area contributed by atoms with E-state index in [2.05, 4.69) is 10.6 Å². The van der Waals surface area contributed by atoms with Crippen LogP contribution >= 0.6 is 0 Å². The highest BCUT2D eigenvalue weighted by Crippen LogP contribution is 2.22. The number of rotatable bonds is 3. The molecule has 0 bridgehead atoms. The van der Waals surface area contributed by atoms with Gasteiger partial charge in [0.25, 0.3) is 0 Å². The molecule has 1 heterocycles. The smallest absolute Gasteiger partial charge is 0.407 e. The third-order valence-electron chi connectivity index (χ3n) is 4.33. The number of carbonyl (C=O) groups is 1. The van der Waals surface area contributed by atoms with E-state index in [0.717, 1.165) is 38.5 Å². The van der Waals surface area contributed by atoms with Crippen LogP contribution < -0.4 is 10.6 Å². The summed E-state index contributed by atoms with van der Waals surface area (Å²) in [7, 11) is -2.89. The minimum absolute atomic E-state index is 0.0547. The van der Waals surface area contributed by atoms with Crippen molar-refractivity contribution in [2.75, 3.05) is 11.5 Å². The van der Waals surface area contributed by atoms with E-state index >= 15 is 0 Å². The Balaban J connectivity index is 1.80. The van der Waals surface area contributed by atoms with Crippen LogP contribution in [0.5, 0.6) is 0 Å². The molecule has 0 aromatic rings. The van der Waals surface area contributed by atoms with Crippen molar-refractivity contribution in [3.05, 3.63) is 0 Å². The van der Waals surface area contributed by atoms with Gasteiger partial charge in [-0.1, -0.05) is 0 Å². The van der Waals surface area contributed by atoms with Gasteiger partial charge in [-0.15, -0.1) is 0 Å². The van der Waals surface area contributed by atoms with Gasteiger partial charge in [0.2, 0.25) is 0 Å². The van der Waals surface area contributed by atoms with Crippen molar-refractivity contribution < 1.29 is 17.9 Å². The largest absolute Gasteiger partial charge is 0.444 e. The maximum absolute atomic E-state index is 11.9. The van der Waals surface area contributed by atoms with Crippen LogP contribution in [-0.4, -0.2) is 49.7 Å². The highest BCUT2D eigenvalue weighted by atomic mass is 32.2. The van der Waals surface area contributed by atoms with E-state index in [1.165, 1.54) is 0 Å². The lowest BCUT2D eigenvalue weighted by atomic mass is 9.90. The van der Waals surface area contributed by atoms with Crippen molar-refractivity contribution in [2.45, 2.75) is 83.0 Å². The zero-order valence-corrected chi connectivity index (χ0v) is 15.2. The molecule has 6 nitrogen and oxygen atoms in total. The molecule has 1 aliphatic heterocycles. The van der Waals surface area contributed by atoms with E-state index in [4.69, 9.17) is 4.74 Å². The lowest BCUT2D eigenvalue weighted by molar-refractivity contribution is 0.0488. The summed E-state index contributed by atoms with van der Waals surface area (Å²) in [5.74, 6) is 0.562. The number of carbonyl (C=O) groups excluding carboxylic acids is 1. The number of alkyl carbamates (subject to hydrolysis) is 1. The average Bonchev–Trinajstić information content (AvgIpc) is 2.35. The number of hydrogen-bond acceptors (Lipinski definition) is 5. The van der Waals surface area contributed by atoms with E-state index in [9.17, 15) is 13.2 Å². The molecule has 1 amide bonds. The normalized spacial score (nSPS) is 31.3. The van der Waals surface area contributed by atoms with Gasteiger partial charge < -0.3 is 15.4 Å². The number of sulfone groups is 1. The standard InChI is InChI=1S/C16H30N2O4S/c1-16(2,3)22-15(19)18-13-7-4-6-12(10-13)17-14-8-5-9-23(20,21)11-14/h12-14,17H,4-11H2,1-3H3,(H,18,19). The van der Waals surface area contributed by atoms with Crippen LogP contribution in [0.1, 0.15) is 59.3 Å². The van der Waals surface area contributed by atoms with Gasteiger partial charge in [-0.3, -0.25) is 0 Å². The highest BCUT2D eigenvalue weighted by molar-refractivity contribution is 7.91. The summed E-state index contributed by atoms with van der Waals surface area (Å²) in [4.78, 5) is 11.9. The van der Waals surface area contributed by atoms with E-state index in [1.807, 2.05) is 20.8 Å². The summed E-state index contributed by atoms with van der Waals surface area (Å²) in [6.07, 6.45) is 5.12. The number of hydrogen-bond donors (Lipinski definition) is 2. The Kier molecular flexibility index (Phi) is 5.94. The zero-order valence-electron chi connectivity index (χ0n) is 14.4. The average molecular weight is 346 g/mol. The molecule has 0 aromatic heterocycles. The Bertz CT molecular complexity index is 513. The Morgan fingerprint density at radius 1 is 1.04 bits per heavy atom. The molecule has 0 aromatic carbocycles. The Hall–Kier alpha value is -0.820. The second-order valence-corrected chi connectivity index (χ2v) is 10.1. The molecule has 2 N–H and O–H groups in total. The SMILES string of the molecule is CC(C)(C)OC(=O)NC1CCCC(NC2CCCS(=O)(=O)C2)C1. The lowest BCUT2D eigenvalue weighted by Gasteiger charge is -2.34. The first-order valence-corrected chi connectivity index (χ1v) is 10.4. The molecular weight excluding hydrogens is 316 g/mol. The Morgan fingerprint density at radius 2 is 1.70 bits per heavy atom. The first kappa shape index (κ1) is 18.5. The third-order valence-corrected chi connectivity index (χ3v) is 6.15. The first-order valence-electron chi connectivity index (χ1n) is 8.59. The van der Waals surface area contributed by atoms with Crippen LogP contribution in [0.15, 0.2) is 0 Å². The van der Waals surface area contributed by atoms with Crippen molar-refractivity contribution in [3.8, 4) is 0 Å². The van der Waals surface area contributed by atoms with Crippen LogP contribution in [0.2, 0.25) is 0 Å². The molecule has 0 spiro atoms. The van der Waals surface area contributed by atoms with E-state index in [0.29, 0.717) is 5.75 Å². The van der Waals surface area contributed by atoms with Gasteiger partial charge in [0.15, 0.2) is 9.84 Å². The predicted molar refractivity (Wildman–Crippen MR) is 90.2 cm³/mol. The molecule has 0 radical (unpaired) electrons. The van der Waals surface area contributed by atoms with Gasteiger partial charge in [0.05, 0.1) is 11.5 Å². The molecule has 2 fully saturated rings. The summed E-state index contributed by atoms with van der Waals surface area (Å²) in [5.41, 5.74) is -0.493. The molecule has 7 heteroatoms. The first-order chi connectivity index (χ1) is 10.6. The third kappa shape index (κ3) is 6.67. The maximum Gasteiger partial charge on any atom is 0.407 e. The number of amides is 1. The minimum atomic E-state index is -2.89. The molecule has 1 saturated heterocycles. The Labute approximate surface area is 139 Å². The van der Waals surface area contributed by atoms with Crippen molar-refractivity contribution in [1.82, 2.24) is 10.6 Å². The van der Waals surface area contributed by atoms with Crippen molar-refractivity contribution >= 4 is 15.9 Å². The molecule has 3 unspecified atom stereocenters. The van der Waals surface area contributed by atoms with Crippen LogP contribution in [-0.2, 0) is 14.6 Å². The second-order valence-electron chi connectivity index (χ2n) is 7.83. The lowest BCUT2D eigenvalue weighted by Crippen LogP contribution is -2.50. The predicted octanol–water partition coefficient (Wildman–Crippen LogP) is 1.99. The van der Waals surface area contributed by atoms with Gasteiger partial charge in [-0.05, 0) is 59.3 Å². The summed E-state index contributed by atoms with van der Waals surface area (Å²) in [5, 5.41) is 6.43. The fourth-order valence-electron chi connectivity index (χ4n) is 3.43. The van der Waals surface area contributed by atoms with Gasteiger partial charge in [-0.2, -0.15) is 0 Å². The van der Waals surface area contributed by atoms with Gasteiger partial charge in [-0.25, -0.2) is 13.2 Å². The summed E-state index contributed by atoms with van der Waals surface area (Å²) >= 11 is 0. The molecule has 2 aliphatic rings. The maximum atomic E-state index is 11.9. The van der Waals surface area contributed by atoms with Crippen molar-refractivity contribution in [2.24, 2.45) is 0 Å². The van der Waals surface area contributed by atoms with Crippen LogP contribution in [0.25, 0.3) is 0 Å². The fraction of sp³-hybridized carbons (Fsp3) is 0.938. The Morgan fingerprint density at radius 3 is 2.35 bits per heavy atom. The van der Waals surface area contributed by atoms with Crippen LogP contribution in [0.3, 0.4) is 0 Å². The van der Waals surface area contributed by atoms with Crippen molar-refractivity contribution in [1.29, 1.82) is 0 Å². The molecule has 3 atom stereocenters. The molecule has 23 heavy (non-hydrogen) atoms. The number of ether oxygens (including phenoxy) is 1. The van der Waals surface area contributed by atoms with E-state index < -0.39 is 15.4 Å². The zero-order chi connectivity index (χ0) is 17.1. The summed E-state index contributed by atoms with van der Waals surface area (Å²) < 4.78 is 28.8. The number of nitrogens with one attached hydrogen (secondary N) is 2. The minimum Gasteiger partial charge on any atom is -0.444 e. The monoisotopic (exact) mass is 346 g/mol. The second kappa shape index (κ2) is 7.38. The molecule has 134 valence electrons.